The molecule has 2 rings (SSSR count). The second kappa shape index (κ2) is 6.13. The Morgan fingerprint density at radius 2 is 1.44 bits per heavy atom. The summed E-state index contributed by atoms with van der Waals surface area (Å²) >= 11 is 0. The van der Waals surface area contributed by atoms with Crippen LogP contribution in [0.2, 0.25) is 0 Å². The maximum Gasteiger partial charge on any atom is 0.524 e. The van der Waals surface area contributed by atoms with Gasteiger partial charge in [0.05, 0.1) is 10.8 Å². The molecule has 18 heavy (non-hydrogen) atoms. The lowest BCUT2D eigenvalue weighted by atomic mass is 10.3. The van der Waals surface area contributed by atoms with Crippen LogP contribution in [0.1, 0.15) is 0 Å². The number of anilines is 2. The van der Waals surface area contributed by atoms with Crippen LogP contribution in [0.3, 0.4) is 0 Å². The SMILES string of the molecule is O=C([C+]=NNc1ccccc1)Nc1ccccc1. The van der Waals surface area contributed by atoms with Crippen molar-refractivity contribution in [1.82, 2.24) is 0 Å². The van der Waals surface area contributed by atoms with Gasteiger partial charge in [-0.05, 0) is 24.3 Å². The highest BCUT2D eigenvalue weighted by molar-refractivity contribution is 6.31. The first-order valence-electron chi connectivity index (χ1n) is 5.47. The molecule has 4 heteroatoms. The van der Waals surface area contributed by atoms with Gasteiger partial charge in [-0.3, -0.25) is 5.32 Å². The van der Waals surface area contributed by atoms with Gasteiger partial charge in [0.2, 0.25) is 0 Å². The van der Waals surface area contributed by atoms with Gasteiger partial charge >= 0.3 is 12.1 Å². The Labute approximate surface area is 105 Å². The molecule has 1 amide bonds. The minimum absolute atomic E-state index is 0.398. The number of nitrogens with one attached hydrogen (secondary N) is 2. The lowest BCUT2D eigenvalue weighted by Gasteiger charge is -1.94. The molecule has 0 unspecified atom stereocenters. The fraction of sp³-hybridized carbons (Fsp3) is 0. The lowest BCUT2D eigenvalue weighted by molar-refractivity contribution is -0.109. The maximum atomic E-state index is 11.4. The molecule has 2 aromatic rings. The van der Waals surface area contributed by atoms with Crippen molar-refractivity contribution < 1.29 is 4.79 Å². The van der Waals surface area contributed by atoms with Crippen LogP contribution >= 0.6 is 0 Å². The van der Waals surface area contributed by atoms with E-state index in [0.717, 1.165) is 5.69 Å². The molecule has 0 spiro atoms. The molecule has 0 aromatic heterocycles. The van der Waals surface area contributed by atoms with Crippen molar-refractivity contribution in [3.63, 3.8) is 0 Å². The second-order valence-corrected chi connectivity index (χ2v) is 3.52. The van der Waals surface area contributed by atoms with E-state index < -0.39 is 5.91 Å². The van der Waals surface area contributed by atoms with Gasteiger partial charge in [0.1, 0.15) is 0 Å². The summed E-state index contributed by atoms with van der Waals surface area (Å²) in [5.74, 6) is -0.398. The molecule has 0 aliphatic rings. The number of para-hydroxylation sites is 2. The molecule has 0 fully saturated rings. The number of amides is 1. The molecule has 0 radical (unpaired) electrons. The van der Waals surface area contributed by atoms with Gasteiger partial charge in [0, 0.05) is 5.69 Å². The number of nitrogens with zero attached hydrogens (tertiary/aromatic N) is 1. The lowest BCUT2D eigenvalue weighted by Crippen LogP contribution is -2.13. The molecule has 0 saturated heterocycles. The number of benzene rings is 2. The van der Waals surface area contributed by atoms with Crippen molar-refractivity contribution in [3.05, 3.63) is 60.7 Å². The Bertz CT molecular complexity index is 523. The van der Waals surface area contributed by atoms with E-state index in [9.17, 15) is 4.79 Å². The van der Waals surface area contributed by atoms with Gasteiger partial charge in [0.15, 0.2) is 0 Å². The standard InChI is InChI=1S/C14H11N3O/c18-14(16-12-7-3-1-4-8-12)11-15-17-13-9-5-2-6-10-13/h1-10H,(H-,16,17,18)/p+1. The van der Waals surface area contributed by atoms with E-state index >= 15 is 0 Å². The van der Waals surface area contributed by atoms with Crippen molar-refractivity contribution in [2.45, 2.75) is 0 Å². The van der Waals surface area contributed by atoms with Crippen molar-refractivity contribution in [2.75, 3.05) is 10.7 Å². The largest absolute Gasteiger partial charge is 0.524 e. The average Bonchev–Trinajstić information content (AvgIpc) is 2.41. The highest BCUT2D eigenvalue weighted by Gasteiger charge is 2.14. The van der Waals surface area contributed by atoms with Crippen LogP contribution in [0, 0.1) is 0 Å². The first-order valence-corrected chi connectivity index (χ1v) is 5.47. The Morgan fingerprint density at radius 1 is 0.889 bits per heavy atom. The monoisotopic (exact) mass is 238 g/mol. The molecule has 88 valence electrons. The molecule has 0 bridgehead atoms. The summed E-state index contributed by atoms with van der Waals surface area (Å²) in [7, 11) is 0. The predicted octanol–water partition coefficient (Wildman–Crippen LogP) is 2.60. The second-order valence-electron chi connectivity index (χ2n) is 3.52. The fourth-order valence-corrected chi connectivity index (χ4v) is 1.34. The van der Waals surface area contributed by atoms with Crippen molar-refractivity contribution in [2.24, 2.45) is 5.10 Å². The zero-order valence-corrected chi connectivity index (χ0v) is 9.63. The normalized spacial score (nSPS) is 9.78. The van der Waals surface area contributed by atoms with Crippen LogP contribution in [-0.4, -0.2) is 12.1 Å². The molecular formula is C14H12N3O+. The van der Waals surface area contributed by atoms with Crippen LogP contribution in [0.4, 0.5) is 11.4 Å². The van der Waals surface area contributed by atoms with Crippen molar-refractivity contribution in [3.8, 4) is 0 Å². The molecule has 2 aromatic carbocycles. The van der Waals surface area contributed by atoms with E-state index in [1.807, 2.05) is 48.5 Å². The van der Waals surface area contributed by atoms with E-state index in [0.29, 0.717) is 5.69 Å². The molecule has 0 atom stereocenters. The minimum atomic E-state index is -0.398. The van der Waals surface area contributed by atoms with E-state index in [4.69, 9.17) is 0 Å². The first-order chi connectivity index (χ1) is 8.84. The smallest absolute Gasteiger partial charge is 0.274 e. The fourth-order valence-electron chi connectivity index (χ4n) is 1.34. The molecule has 0 aliphatic heterocycles. The van der Waals surface area contributed by atoms with Crippen LogP contribution in [0.5, 0.6) is 0 Å². The molecule has 0 heterocycles. The van der Waals surface area contributed by atoms with E-state index in [2.05, 4.69) is 22.1 Å². The third-order valence-corrected chi connectivity index (χ3v) is 2.15. The zero-order chi connectivity index (χ0) is 12.6. The highest BCUT2D eigenvalue weighted by Crippen LogP contribution is 2.05. The van der Waals surface area contributed by atoms with Crippen LogP contribution in [0.25, 0.3) is 0 Å². The van der Waals surface area contributed by atoms with Gasteiger partial charge in [-0.1, -0.05) is 36.4 Å². The number of hydrogen-bond donors (Lipinski definition) is 2. The highest BCUT2D eigenvalue weighted by atomic mass is 16.1. The third kappa shape index (κ3) is 3.70. The third-order valence-electron chi connectivity index (χ3n) is 2.15. The Hall–Kier alpha value is -2.71. The van der Waals surface area contributed by atoms with Crippen LogP contribution in [-0.2, 0) is 4.79 Å². The summed E-state index contributed by atoms with van der Waals surface area (Å²) in [5, 5.41) is 6.37. The number of hydrazone groups is 1. The van der Waals surface area contributed by atoms with Crippen LogP contribution < -0.4 is 10.7 Å². The average molecular weight is 238 g/mol. The molecule has 0 saturated carbocycles. The number of hydrogen-bond acceptors (Lipinski definition) is 3. The maximum absolute atomic E-state index is 11.4. The Morgan fingerprint density at radius 3 is 2.06 bits per heavy atom. The van der Waals surface area contributed by atoms with Gasteiger partial charge in [0.25, 0.3) is 0 Å². The molecule has 2 N–H and O–H groups in total. The number of carbonyl (C=O) groups is 1. The number of carbonyl (C=O) groups excluding carboxylic acids is 1. The molecule has 0 aliphatic carbocycles. The van der Waals surface area contributed by atoms with E-state index in [-0.39, 0.29) is 0 Å². The minimum Gasteiger partial charge on any atom is -0.274 e. The van der Waals surface area contributed by atoms with Crippen molar-refractivity contribution >= 4 is 23.5 Å². The quantitative estimate of drug-likeness (QED) is 0.488. The van der Waals surface area contributed by atoms with Gasteiger partial charge < -0.3 is 0 Å². The number of rotatable bonds is 4. The van der Waals surface area contributed by atoms with E-state index in [1.165, 1.54) is 0 Å². The Kier molecular flexibility index (Phi) is 4.01. The van der Waals surface area contributed by atoms with Crippen LogP contribution in [0.15, 0.2) is 65.8 Å². The topological polar surface area (TPSA) is 53.5 Å². The van der Waals surface area contributed by atoms with Gasteiger partial charge in [-0.15, -0.1) is 0 Å². The summed E-state index contributed by atoms with van der Waals surface area (Å²) in [5.41, 5.74) is 4.23. The summed E-state index contributed by atoms with van der Waals surface area (Å²) < 4.78 is 0. The van der Waals surface area contributed by atoms with Crippen molar-refractivity contribution in [1.29, 1.82) is 0 Å². The molecular weight excluding hydrogens is 226 g/mol. The van der Waals surface area contributed by atoms with E-state index in [1.54, 1.807) is 12.1 Å². The Balaban J connectivity index is 1.85. The van der Waals surface area contributed by atoms with Gasteiger partial charge in [-0.25, -0.2) is 10.2 Å². The summed E-state index contributed by atoms with van der Waals surface area (Å²) in [6, 6.07) is 18.5. The first kappa shape index (κ1) is 11.8. The molecule has 4 nitrogen and oxygen atoms in total. The predicted molar refractivity (Wildman–Crippen MR) is 72.6 cm³/mol. The summed E-state index contributed by atoms with van der Waals surface area (Å²) in [4.78, 5) is 11.4. The summed E-state index contributed by atoms with van der Waals surface area (Å²) in [6.45, 7) is 0. The van der Waals surface area contributed by atoms with Gasteiger partial charge in [-0.2, -0.15) is 0 Å². The summed E-state index contributed by atoms with van der Waals surface area (Å²) in [6.07, 6.45) is 2.34. The zero-order valence-electron chi connectivity index (χ0n) is 9.63.